The van der Waals surface area contributed by atoms with Crippen molar-refractivity contribution >= 4 is 11.6 Å². The average Bonchev–Trinajstić information content (AvgIpc) is 2.63. The molecule has 96 valence electrons. The molecule has 1 aliphatic rings. The second-order valence-electron chi connectivity index (χ2n) is 5.12. The fourth-order valence-corrected chi connectivity index (χ4v) is 2.77. The quantitative estimate of drug-likeness (QED) is 0.896. The Labute approximate surface area is 109 Å². The summed E-state index contributed by atoms with van der Waals surface area (Å²) in [5, 5.41) is 8.67. The summed E-state index contributed by atoms with van der Waals surface area (Å²) in [4.78, 5) is 0. The van der Waals surface area contributed by atoms with Crippen molar-refractivity contribution in [3.05, 3.63) is 16.9 Å². The topological polar surface area (TPSA) is 29.9 Å². The molecule has 0 aromatic carbocycles. The molecule has 2 atom stereocenters. The number of nitrogens with zero attached hydrogens (tertiary/aromatic N) is 2. The van der Waals surface area contributed by atoms with Gasteiger partial charge in [0.05, 0.1) is 23.5 Å². The molecule has 2 rings (SSSR count). The van der Waals surface area contributed by atoms with Crippen LogP contribution in [-0.2, 0) is 6.54 Å². The highest BCUT2D eigenvalue weighted by Gasteiger charge is 2.20. The second kappa shape index (κ2) is 5.87. The first-order valence-corrected chi connectivity index (χ1v) is 6.97. The van der Waals surface area contributed by atoms with Crippen molar-refractivity contribution in [1.29, 1.82) is 0 Å². The first-order chi connectivity index (χ1) is 8.18. The molecule has 1 fully saturated rings. The second-order valence-corrected chi connectivity index (χ2v) is 5.53. The largest absolute Gasteiger partial charge is 0.312 e. The predicted molar refractivity (Wildman–Crippen MR) is 71.4 cm³/mol. The maximum atomic E-state index is 5.98. The Bertz CT molecular complexity index is 362. The van der Waals surface area contributed by atoms with E-state index in [0.29, 0.717) is 6.04 Å². The monoisotopic (exact) mass is 255 g/mol. The third kappa shape index (κ3) is 3.23. The van der Waals surface area contributed by atoms with Gasteiger partial charge in [-0.25, -0.2) is 0 Å². The molecular weight excluding hydrogens is 234 g/mol. The molecule has 17 heavy (non-hydrogen) atoms. The highest BCUT2D eigenvalue weighted by atomic mass is 35.5. The van der Waals surface area contributed by atoms with Gasteiger partial charge in [-0.1, -0.05) is 31.4 Å². The zero-order valence-corrected chi connectivity index (χ0v) is 11.5. The molecule has 0 spiro atoms. The molecule has 1 N–H and O–H groups in total. The van der Waals surface area contributed by atoms with Crippen LogP contribution < -0.4 is 5.32 Å². The molecule has 0 amide bonds. The van der Waals surface area contributed by atoms with Crippen LogP contribution in [0, 0.1) is 12.8 Å². The number of aromatic nitrogens is 2. The van der Waals surface area contributed by atoms with Gasteiger partial charge in [0.15, 0.2) is 0 Å². The van der Waals surface area contributed by atoms with Gasteiger partial charge >= 0.3 is 0 Å². The number of hydrogen-bond acceptors (Lipinski definition) is 2. The van der Waals surface area contributed by atoms with Gasteiger partial charge in [0.25, 0.3) is 0 Å². The van der Waals surface area contributed by atoms with Crippen molar-refractivity contribution in [2.24, 2.45) is 5.92 Å². The van der Waals surface area contributed by atoms with Gasteiger partial charge in [-0.05, 0) is 25.7 Å². The molecule has 0 aliphatic heterocycles. The van der Waals surface area contributed by atoms with Crippen LogP contribution in [0.15, 0.2) is 6.20 Å². The maximum absolute atomic E-state index is 5.98. The lowest BCUT2D eigenvalue weighted by Gasteiger charge is -2.29. The molecule has 1 saturated carbocycles. The van der Waals surface area contributed by atoms with Crippen LogP contribution >= 0.6 is 11.6 Å². The van der Waals surface area contributed by atoms with Gasteiger partial charge in [-0.2, -0.15) is 5.10 Å². The number of halogens is 1. The number of rotatable bonds is 4. The van der Waals surface area contributed by atoms with E-state index in [2.05, 4.69) is 17.3 Å². The van der Waals surface area contributed by atoms with Gasteiger partial charge in [0, 0.05) is 12.6 Å². The molecule has 1 heterocycles. The Kier molecular flexibility index (Phi) is 4.46. The smallest absolute Gasteiger partial charge is 0.0814 e. The third-order valence-electron chi connectivity index (χ3n) is 3.88. The minimum atomic E-state index is 0.690. The molecule has 2 unspecified atom stereocenters. The Balaban J connectivity index is 1.77. The number of hydrogen-bond donors (Lipinski definition) is 1. The SMILES string of the molecule is Cc1c(Cl)cnn1CCNC1CCCCC1C. The summed E-state index contributed by atoms with van der Waals surface area (Å²) in [6.45, 7) is 6.25. The minimum Gasteiger partial charge on any atom is -0.312 e. The summed E-state index contributed by atoms with van der Waals surface area (Å²) in [5.74, 6) is 0.811. The third-order valence-corrected chi connectivity index (χ3v) is 4.26. The highest BCUT2D eigenvalue weighted by Crippen LogP contribution is 2.23. The van der Waals surface area contributed by atoms with Gasteiger partial charge in [0.2, 0.25) is 0 Å². The van der Waals surface area contributed by atoms with E-state index in [1.807, 2.05) is 11.6 Å². The molecule has 0 radical (unpaired) electrons. The first-order valence-electron chi connectivity index (χ1n) is 6.60. The normalized spacial score (nSPS) is 25.1. The average molecular weight is 256 g/mol. The maximum Gasteiger partial charge on any atom is 0.0814 e. The molecular formula is C13H22ClN3. The van der Waals surface area contributed by atoms with Crippen LogP contribution in [0.3, 0.4) is 0 Å². The van der Waals surface area contributed by atoms with Gasteiger partial charge in [-0.3, -0.25) is 4.68 Å². The van der Waals surface area contributed by atoms with Gasteiger partial charge in [0.1, 0.15) is 0 Å². The van der Waals surface area contributed by atoms with E-state index in [1.54, 1.807) is 6.20 Å². The van der Waals surface area contributed by atoms with Crippen molar-refractivity contribution in [3.8, 4) is 0 Å². The lowest BCUT2D eigenvalue weighted by atomic mass is 9.86. The van der Waals surface area contributed by atoms with Crippen LogP contribution in [0.4, 0.5) is 0 Å². The van der Waals surface area contributed by atoms with Crippen LogP contribution in [0.25, 0.3) is 0 Å². The lowest BCUT2D eigenvalue weighted by molar-refractivity contribution is 0.277. The van der Waals surface area contributed by atoms with Crippen LogP contribution in [0.5, 0.6) is 0 Å². The fourth-order valence-electron chi connectivity index (χ4n) is 2.62. The van der Waals surface area contributed by atoms with Crippen molar-refractivity contribution in [1.82, 2.24) is 15.1 Å². The summed E-state index contributed by atoms with van der Waals surface area (Å²) in [6.07, 6.45) is 7.17. The zero-order valence-electron chi connectivity index (χ0n) is 10.7. The van der Waals surface area contributed by atoms with E-state index in [-0.39, 0.29) is 0 Å². The van der Waals surface area contributed by atoms with Crippen LogP contribution in [0.2, 0.25) is 5.02 Å². The summed E-state index contributed by atoms with van der Waals surface area (Å²) >= 11 is 5.98. The summed E-state index contributed by atoms with van der Waals surface area (Å²) < 4.78 is 1.98. The molecule has 0 bridgehead atoms. The molecule has 1 aliphatic carbocycles. The number of nitrogens with one attached hydrogen (secondary N) is 1. The summed E-state index contributed by atoms with van der Waals surface area (Å²) in [6, 6.07) is 0.690. The highest BCUT2D eigenvalue weighted by molar-refractivity contribution is 6.31. The van der Waals surface area contributed by atoms with Gasteiger partial charge < -0.3 is 5.32 Å². The Morgan fingerprint density at radius 1 is 1.47 bits per heavy atom. The summed E-state index contributed by atoms with van der Waals surface area (Å²) in [5.41, 5.74) is 1.06. The van der Waals surface area contributed by atoms with Crippen LogP contribution in [0.1, 0.15) is 38.3 Å². The Morgan fingerprint density at radius 3 is 2.88 bits per heavy atom. The van der Waals surface area contributed by atoms with E-state index < -0.39 is 0 Å². The molecule has 1 aromatic rings. The Morgan fingerprint density at radius 2 is 2.24 bits per heavy atom. The van der Waals surface area contributed by atoms with E-state index >= 15 is 0 Å². The lowest BCUT2D eigenvalue weighted by Crippen LogP contribution is -2.39. The molecule has 0 saturated heterocycles. The van der Waals surface area contributed by atoms with E-state index in [0.717, 1.165) is 29.7 Å². The zero-order chi connectivity index (χ0) is 12.3. The van der Waals surface area contributed by atoms with E-state index in [9.17, 15) is 0 Å². The van der Waals surface area contributed by atoms with E-state index in [1.165, 1.54) is 25.7 Å². The Hall–Kier alpha value is -0.540. The van der Waals surface area contributed by atoms with Crippen molar-refractivity contribution < 1.29 is 0 Å². The van der Waals surface area contributed by atoms with Crippen molar-refractivity contribution in [2.45, 2.75) is 52.1 Å². The predicted octanol–water partition coefficient (Wildman–Crippen LogP) is 3.01. The van der Waals surface area contributed by atoms with Crippen molar-refractivity contribution in [2.75, 3.05) is 6.54 Å². The molecule has 1 aromatic heterocycles. The first kappa shape index (κ1) is 12.9. The standard InChI is InChI=1S/C13H22ClN3/c1-10-5-3-4-6-13(10)15-7-8-17-11(2)12(14)9-16-17/h9-10,13,15H,3-8H2,1-2H3. The van der Waals surface area contributed by atoms with Crippen molar-refractivity contribution in [3.63, 3.8) is 0 Å². The van der Waals surface area contributed by atoms with E-state index in [4.69, 9.17) is 11.6 Å². The van der Waals surface area contributed by atoms with Crippen LogP contribution in [-0.4, -0.2) is 22.4 Å². The fraction of sp³-hybridized carbons (Fsp3) is 0.769. The molecule has 3 nitrogen and oxygen atoms in total. The minimum absolute atomic E-state index is 0.690. The van der Waals surface area contributed by atoms with Gasteiger partial charge in [-0.15, -0.1) is 0 Å². The molecule has 4 heteroatoms. The summed E-state index contributed by atoms with van der Waals surface area (Å²) in [7, 11) is 0.